The van der Waals surface area contributed by atoms with Crippen LogP contribution in [0.25, 0.3) is 5.69 Å². The van der Waals surface area contributed by atoms with Gasteiger partial charge >= 0.3 is 11.7 Å². The molecule has 0 saturated carbocycles. The Labute approximate surface area is 217 Å². The maximum absolute atomic E-state index is 12.7. The number of nitrogens with two attached hydrogens (primary N) is 2. The number of benzene rings is 1. The van der Waals surface area contributed by atoms with Gasteiger partial charge in [0.15, 0.2) is 0 Å². The van der Waals surface area contributed by atoms with Crippen molar-refractivity contribution in [3.05, 3.63) is 52.6 Å². The van der Waals surface area contributed by atoms with Gasteiger partial charge in [0, 0.05) is 57.5 Å². The normalized spacial score (nSPS) is 21.1. The highest BCUT2D eigenvalue weighted by molar-refractivity contribution is 5.89. The molecule has 200 valence electrons. The van der Waals surface area contributed by atoms with E-state index in [0.29, 0.717) is 37.9 Å². The molecule has 2 saturated heterocycles. The summed E-state index contributed by atoms with van der Waals surface area (Å²) in [7, 11) is 0. The maximum atomic E-state index is 12.7. The summed E-state index contributed by atoms with van der Waals surface area (Å²) in [6.07, 6.45) is 3.62. The number of nitrogens with zero attached hydrogens (tertiary/aromatic N) is 5. The fourth-order valence-corrected chi connectivity index (χ4v) is 4.87. The van der Waals surface area contributed by atoms with Crippen LogP contribution in [0, 0.1) is 0 Å². The van der Waals surface area contributed by atoms with Gasteiger partial charge in [-0.2, -0.15) is 4.98 Å². The van der Waals surface area contributed by atoms with Crippen LogP contribution in [0.2, 0.25) is 0 Å². The topological polar surface area (TPSA) is 143 Å². The number of carbonyl (C=O) groups excluding carboxylic acids is 2. The van der Waals surface area contributed by atoms with Crippen LogP contribution in [0.5, 0.6) is 0 Å². The van der Waals surface area contributed by atoms with E-state index < -0.39 is 11.2 Å². The zero-order valence-electron chi connectivity index (χ0n) is 21.9. The average Bonchev–Trinajstić information content (AvgIpc) is 2.85. The van der Waals surface area contributed by atoms with E-state index in [1.54, 1.807) is 35.9 Å². The van der Waals surface area contributed by atoms with Crippen molar-refractivity contribution in [3.8, 4) is 5.69 Å². The molecule has 0 bridgehead atoms. The minimum absolute atomic E-state index is 0.142. The number of hydrogen-bond acceptors (Lipinski definition) is 7. The third-order valence-electron chi connectivity index (χ3n) is 7.10. The molecule has 0 radical (unpaired) electrons. The molecule has 2 atom stereocenters. The van der Waals surface area contributed by atoms with E-state index in [1.165, 1.54) is 10.1 Å². The quantitative estimate of drug-likeness (QED) is 0.544. The van der Waals surface area contributed by atoms with Crippen LogP contribution >= 0.6 is 0 Å². The molecule has 2 aromatic rings. The Morgan fingerprint density at radius 1 is 1.05 bits per heavy atom. The largest absolute Gasteiger partial charge is 0.354 e. The monoisotopic (exact) mass is 510 g/mol. The van der Waals surface area contributed by atoms with E-state index in [-0.39, 0.29) is 23.8 Å². The zero-order chi connectivity index (χ0) is 26.7. The standard InChI is InChI=1S/C26H38N8O3/c1-18-16-20(27)8-10-33(18)17-19-4-6-21(7-5-19)34-11-9-22(30-25(34)37)29-24(36)32-14-12-31(13-15-32)23(35)26(2,3)28/h4-7,9,11,18,20H,8,10,12-17,27-28H2,1-3H3,(H,29,30,36,37). The maximum Gasteiger partial charge on any atom is 0.354 e. The smallest absolute Gasteiger partial charge is 0.338 e. The molecule has 3 heterocycles. The SMILES string of the molecule is CC1CC(N)CCN1Cc1ccc(-n2ccc(NC(=O)N3CCN(C(=O)C(C)(C)N)CC3)nc2=O)cc1. The van der Waals surface area contributed by atoms with Gasteiger partial charge in [0.1, 0.15) is 5.82 Å². The van der Waals surface area contributed by atoms with E-state index in [0.717, 1.165) is 25.9 Å². The summed E-state index contributed by atoms with van der Waals surface area (Å²) in [5.74, 6) is 0.0402. The summed E-state index contributed by atoms with van der Waals surface area (Å²) in [5.41, 5.74) is 12.4. The van der Waals surface area contributed by atoms with Gasteiger partial charge in [-0.3, -0.25) is 19.6 Å². The number of aromatic nitrogens is 2. The minimum atomic E-state index is -0.945. The minimum Gasteiger partial charge on any atom is -0.338 e. The Morgan fingerprint density at radius 2 is 1.70 bits per heavy atom. The fraction of sp³-hybridized carbons (Fsp3) is 0.538. The van der Waals surface area contributed by atoms with Gasteiger partial charge in [0.25, 0.3) is 0 Å². The predicted molar refractivity (Wildman–Crippen MR) is 142 cm³/mol. The van der Waals surface area contributed by atoms with E-state index in [1.807, 2.05) is 24.3 Å². The van der Waals surface area contributed by atoms with Crippen molar-refractivity contribution in [1.82, 2.24) is 24.3 Å². The summed E-state index contributed by atoms with van der Waals surface area (Å²) in [6, 6.07) is 9.82. The number of carbonyl (C=O) groups is 2. The number of hydrogen-bond donors (Lipinski definition) is 3. The molecule has 3 amide bonds. The molecule has 2 unspecified atom stereocenters. The second kappa shape index (κ2) is 11.0. The molecule has 2 aliphatic rings. The number of nitrogens with one attached hydrogen (secondary N) is 1. The molecule has 2 fully saturated rings. The molecular weight excluding hydrogens is 472 g/mol. The van der Waals surface area contributed by atoms with Gasteiger partial charge in [-0.25, -0.2) is 9.59 Å². The second-order valence-electron chi connectivity index (χ2n) is 10.7. The van der Waals surface area contributed by atoms with Crippen molar-refractivity contribution in [2.75, 3.05) is 38.0 Å². The van der Waals surface area contributed by atoms with Gasteiger partial charge in [0.2, 0.25) is 5.91 Å². The molecule has 4 rings (SSSR count). The number of piperazine rings is 1. The molecule has 37 heavy (non-hydrogen) atoms. The van der Waals surface area contributed by atoms with Crippen molar-refractivity contribution in [1.29, 1.82) is 0 Å². The first-order chi connectivity index (χ1) is 17.5. The van der Waals surface area contributed by atoms with E-state index >= 15 is 0 Å². The number of piperidine rings is 1. The fourth-order valence-electron chi connectivity index (χ4n) is 4.87. The highest BCUT2D eigenvalue weighted by Gasteiger charge is 2.31. The van der Waals surface area contributed by atoms with Crippen molar-refractivity contribution >= 4 is 17.8 Å². The van der Waals surface area contributed by atoms with Crippen molar-refractivity contribution in [3.63, 3.8) is 0 Å². The molecule has 1 aromatic heterocycles. The van der Waals surface area contributed by atoms with Crippen LogP contribution < -0.4 is 22.5 Å². The lowest BCUT2D eigenvalue weighted by atomic mass is 9.98. The molecule has 0 spiro atoms. The van der Waals surface area contributed by atoms with Gasteiger partial charge in [-0.05, 0) is 57.4 Å². The highest BCUT2D eigenvalue weighted by atomic mass is 16.2. The van der Waals surface area contributed by atoms with Gasteiger partial charge in [-0.1, -0.05) is 12.1 Å². The summed E-state index contributed by atoms with van der Waals surface area (Å²) in [6.45, 7) is 8.94. The lowest BCUT2D eigenvalue weighted by molar-refractivity contribution is -0.137. The zero-order valence-corrected chi connectivity index (χ0v) is 21.9. The first kappa shape index (κ1) is 26.8. The molecule has 11 heteroatoms. The van der Waals surface area contributed by atoms with Gasteiger partial charge in [-0.15, -0.1) is 0 Å². The van der Waals surface area contributed by atoms with Crippen LogP contribution in [-0.4, -0.2) is 86.5 Å². The van der Waals surface area contributed by atoms with Crippen LogP contribution in [0.4, 0.5) is 10.6 Å². The third kappa shape index (κ3) is 6.54. The van der Waals surface area contributed by atoms with Crippen LogP contribution in [-0.2, 0) is 11.3 Å². The molecule has 5 N–H and O–H groups in total. The Balaban J connectivity index is 1.33. The number of rotatable bonds is 5. The summed E-state index contributed by atoms with van der Waals surface area (Å²) in [5, 5.41) is 2.69. The average molecular weight is 511 g/mol. The lowest BCUT2D eigenvalue weighted by Crippen LogP contribution is -2.58. The van der Waals surface area contributed by atoms with E-state index in [9.17, 15) is 14.4 Å². The molecule has 2 aliphatic heterocycles. The second-order valence-corrected chi connectivity index (χ2v) is 10.7. The summed E-state index contributed by atoms with van der Waals surface area (Å²) >= 11 is 0. The van der Waals surface area contributed by atoms with Crippen molar-refractivity contribution in [2.24, 2.45) is 11.5 Å². The first-order valence-electron chi connectivity index (χ1n) is 12.8. The van der Waals surface area contributed by atoms with E-state index in [4.69, 9.17) is 11.5 Å². The van der Waals surface area contributed by atoms with Crippen molar-refractivity contribution in [2.45, 2.75) is 57.8 Å². The third-order valence-corrected chi connectivity index (χ3v) is 7.10. The van der Waals surface area contributed by atoms with E-state index in [2.05, 4.69) is 22.1 Å². The molecule has 1 aromatic carbocycles. The Morgan fingerprint density at radius 3 is 2.30 bits per heavy atom. The number of urea groups is 1. The van der Waals surface area contributed by atoms with Crippen molar-refractivity contribution < 1.29 is 9.59 Å². The summed E-state index contributed by atoms with van der Waals surface area (Å²) < 4.78 is 1.45. The Bertz CT molecular complexity index is 1170. The Hall–Kier alpha value is -3.28. The Kier molecular flexibility index (Phi) is 7.96. The van der Waals surface area contributed by atoms with Gasteiger partial charge in [0.05, 0.1) is 11.2 Å². The van der Waals surface area contributed by atoms with Crippen LogP contribution in [0.3, 0.4) is 0 Å². The predicted octanol–water partition coefficient (Wildman–Crippen LogP) is 0.958. The molecule has 0 aliphatic carbocycles. The highest BCUT2D eigenvalue weighted by Crippen LogP contribution is 2.19. The number of likely N-dealkylation sites (tertiary alicyclic amines) is 1. The van der Waals surface area contributed by atoms with Crippen LogP contribution in [0.15, 0.2) is 41.3 Å². The van der Waals surface area contributed by atoms with Gasteiger partial charge < -0.3 is 21.3 Å². The number of anilines is 1. The molecule has 11 nitrogen and oxygen atoms in total. The lowest BCUT2D eigenvalue weighted by Gasteiger charge is -2.37. The number of amides is 3. The first-order valence-corrected chi connectivity index (χ1v) is 12.8. The summed E-state index contributed by atoms with van der Waals surface area (Å²) in [4.78, 5) is 47.4. The molecular formula is C26H38N8O3. The van der Waals surface area contributed by atoms with Crippen LogP contribution in [0.1, 0.15) is 39.2 Å².